The first-order valence-electron chi connectivity index (χ1n) is 6.68. The van der Waals surface area contributed by atoms with Crippen LogP contribution < -0.4 is 15.4 Å². The summed E-state index contributed by atoms with van der Waals surface area (Å²) in [4.78, 5) is 14.3. The molecule has 5 heteroatoms. The maximum atomic E-state index is 12.7. The van der Waals surface area contributed by atoms with E-state index in [1.165, 1.54) is 7.11 Å². The molecule has 0 unspecified atom stereocenters. The molecule has 108 valence electrons. The van der Waals surface area contributed by atoms with Gasteiger partial charge in [-0.25, -0.2) is 0 Å². The van der Waals surface area contributed by atoms with Crippen molar-refractivity contribution in [1.82, 2.24) is 0 Å². The lowest BCUT2D eigenvalue weighted by atomic mass is 10.1. The number of phenolic OH excluding ortho intramolecular Hbond substituents is 1. The van der Waals surface area contributed by atoms with Gasteiger partial charge in [-0.15, -0.1) is 0 Å². The van der Waals surface area contributed by atoms with Gasteiger partial charge in [0.25, 0.3) is 5.91 Å². The van der Waals surface area contributed by atoms with Gasteiger partial charge in [-0.05, 0) is 36.2 Å². The highest BCUT2D eigenvalue weighted by molar-refractivity contribution is 6.09. The summed E-state index contributed by atoms with van der Waals surface area (Å²) < 4.78 is 5.05. The normalized spacial score (nSPS) is 13.1. The summed E-state index contributed by atoms with van der Waals surface area (Å²) in [5, 5.41) is 10.1. The Hall–Kier alpha value is -2.69. The van der Waals surface area contributed by atoms with E-state index in [-0.39, 0.29) is 23.0 Å². The number of rotatable bonds is 2. The monoisotopic (exact) mass is 284 g/mol. The number of aromatic hydroxyl groups is 1. The fraction of sp³-hybridized carbons (Fsp3) is 0.188. The minimum absolute atomic E-state index is 0.137. The smallest absolute Gasteiger partial charge is 0.262 e. The molecule has 5 nitrogen and oxygen atoms in total. The van der Waals surface area contributed by atoms with Crippen molar-refractivity contribution in [3.05, 3.63) is 47.5 Å². The molecule has 1 amide bonds. The Kier molecular flexibility index (Phi) is 3.17. The molecule has 1 heterocycles. The molecule has 0 atom stereocenters. The van der Waals surface area contributed by atoms with E-state index >= 15 is 0 Å². The molecule has 0 bridgehead atoms. The predicted octanol–water partition coefficient (Wildman–Crippen LogP) is 2.19. The van der Waals surface area contributed by atoms with E-state index in [0.717, 1.165) is 17.7 Å². The second kappa shape index (κ2) is 5.01. The summed E-state index contributed by atoms with van der Waals surface area (Å²) in [6.07, 6.45) is 0.784. The molecular formula is C16H16N2O3. The Morgan fingerprint density at radius 2 is 2.14 bits per heavy atom. The third-order valence-corrected chi connectivity index (χ3v) is 3.70. The van der Waals surface area contributed by atoms with Gasteiger partial charge in [0.05, 0.1) is 12.7 Å². The van der Waals surface area contributed by atoms with Crippen LogP contribution in [0, 0.1) is 0 Å². The number of anilines is 2. The molecule has 3 N–H and O–H groups in total. The first-order valence-corrected chi connectivity index (χ1v) is 6.68. The lowest BCUT2D eigenvalue weighted by Gasteiger charge is -2.19. The molecule has 0 spiro atoms. The number of carbonyl (C=O) groups excluding carboxylic acids is 1. The molecule has 2 aromatic carbocycles. The van der Waals surface area contributed by atoms with Crippen LogP contribution in [0.25, 0.3) is 0 Å². The van der Waals surface area contributed by atoms with Crippen molar-refractivity contribution >= 4 is 17.3 Å². The number of ether oxygens (including phenoxy) is 1. The van der Waals surface area contributed by atoms with Crippen molar-refractivity contribution in [2.75, 3.05) is 24.3 Å². The van der Waals surface area contributed by atoms with E-state index in [2.05, 4.69) is 0 Å². The molecule has 0 saturated carbocycles. The number of methoxy groups -OCH3 is 1. The average molecular weight is 284 g/mol. The minimum atomic E-state index is -0.254. The van der Waals surface area contributed by atoms with Crippen molar-refractivity contribution in [1.29, 1.82) is 0 Å². The van der Waals surface area contributed by atoms with Crippen molar-refractivity contribution in [3.8, 4) is 11.5 Å². The molecule has 0 saturated heterocycles. The topological polar surface area (TPSA) is 75.8 Å². The zero-order valence-corrected chi connectivity index (χ0v) is 11.7. The third kappa shape index (κ3) is 2.16. The molecule has 1 aliphatic heterocycles. The van der Waals surface area contributed by atoms with Crippen molar-refractivity contribution < 1.29 is 14.6 Å². The lowest BCUT2D eigenvalue weighted by Crippen LogP contribution is -2.29. The first kappa shape index (κ1) is 13.3. The molecule has 0 radical (unpaired) electrons. The van der Waals surface area contributed by atoms with E-state index in [1.807, 2.05) is 12.1 Å². The molecule has 0 fully saturated rings. The number of phenols is 1. The van der Waals surface area contributed by atoms with E-state index in [9.17, 15) is 9.90 Å². The standard InChI is InChI=1S/C16H16N2O3/c1-21-14-4-2-3-12(15(14)19)16(20)18-8-7-10-5-6-11(17)9-13(10)18/h2-6,9,19H,7-8,17H2,1H3. The van der Waals surface area contributed by atoms with Gasteiger partial charge in [0.2, 0.25) is 0 Å². The fourth-order valence-corrected chi connectivity index (χ4v) is 2.61. The Morgan fingerprint density at radius 1 is 1.33 bits per heavy atom. The van der Waals surface area contributed by atoms with Gasteiger partial charge in [0.1, 0.15) is 0 Å². The number of para-hydroxylation sites is 1. The molecule has 0 aliphatic carbocycles. The van der Waals surface area contributed by atoms with Gasteiger partial charge in [-0.1, -0.05) is 12.1 Å². The number of hydrogen-bond donors (Lipinski definition) is 2. The lowest BCUT2D eigenvalue weighted by molar-refractivity contribution is 0.0986. The predicted molar refractivity (Wildman–Crippen MR) is 80.9 cm³/mol. The van der Waals surface area contributed by atoms with Crippen LogP contribution in [0.1, 0.15) is 15.9 Å². The molecule has 0 aromatic heterocycles. The van der Waals surface area contributed by atoms with Gasteiger partial charge < -0.3 is 20.5 Å². The maximum absolute atomic E-state index is 12.7. The summed E-state index contributed by atoms with van der Waals surface area (Å²) >= 11 is 0. The van der Waals surface area contributed by atoms with Crippen LogP contribution >= 0.6 is 0 Å². The van der Waals surface area contributed by atoms with Crippen LogP contribution in [-0.2, 0) is 6.42 Å². The molecular weight excluding hydrogens is 268 g/mol. The highest BCUT2D eigenvalue weighted by Gasteiger charge is 2.28. The van der Waals surface area contributed by atoms with Crippen LogP contribution in [0.2, 0.25) is 0 Å². The number of carbonyl (C=O) groups is 1. The number of fused-ring (bicyclic) bond motifs is 1. The number of nitrogen functional groups attached to an aromatic ring is 1. The van der Waals surface area contributed by atoms with Gasteiger partial charge >= 0.3 is 0 Å². The zero-order chi connectivity index (χ0) is 15.0. The van der Waals surface area contributed by atoms with Crippen molar-refractivity contribution in [2.24, 2.45) is 0 Å². The average Bonchev–Trinajstić information content (AvgIpc) is 2.89. The molecule has 21 heavy (non-hydrogen) atoms. The van der Waals surface area contributed by atoms with Gasteiger partial charge in [-0.3, -0.25) is 4.79 Å². The maximum Gasteiger partial charge on any atom is 0.262 e. The Balaban J connectivity index is 2.00. The Bertz CT molecular complexity index is 713. The van der Waals surface area contributed by atoms with Crippen LogP contribution in [0.4, 0.5) is 11.4 Å². The number of hydrogen-bond acceptors (Lipinski definition) is 4. The fourth-order valence-electron chi connectivity index (χ4n) is 2.61. The van der Waals surface area contributed by atoms with E-state index < -0.39 is 0 Å². The van der Waals surface area contributed by atoms with Gasteiger partial charge in [0, 0.05) is 17.9 Å². The summed E-state index contributed by atoms with van der Waals surface area (Å²) in [7, 11) is 1.45. The largest absolute Gasteiger partial charge is 0.504 e. The number of benzene rings is 2. The Morgan fingerprint density at radius 3 is 2.90 bits per heavy atom. The van der Waals surface area contributed by atoms with Crippen LogP contribution in [-0.4, -0.2) is 24.7 Å². The van der Waals surface area contributed by atoms with Crippen molar-refractivity contribution in [2.45, 2.75) is 6.42 Å². The van der Waals surface area contributed by atoms with Crippen LogP contribution in [0.3, 0.4) is 0 Å². The summed E-state index contributed by atoms with van der Waals surface area (Å²) in [6.45, 7) is 0.578. The van der Waals surface area contributed by atoms with Crippen LogP contribution in [0.5, 0.6) is 11.5 Å². The molecule has 1 aliphatic rings. The highest BCUT2D eigenvalue weighted by Crippen LogP contribution is 2.35. The van der Waals surface area contributed by atoms with Gasteiger partial charge in [-0.2, -0.15) is 0 Å². The Labute approximate surface area is 122 Å². The number of nitrogens with zero attached hydrogens (tertiary/aromatic N) is 1. The minimum Gasteiger partial charge on any atom is -0.504 e. The van der Waals surface area contributed by atoms with Gasteiger partial charge in [0.15, 0.2) is 11.5 Å². The SMILES string of the molecule is COc1cccc(C(=O)N2CCc3ccc(N)cc32)c1O. The summed E-state index contributed by atoms with van der Waals surface area (Å²) in [6, 6.07) is 10.4. The van der Waals surface area contributed by atoms with E-state index in [1.54, 1.807) is 29.2 Å². The first-order chi connectivity index (χ1) is 10.1. The number of amides is 1. The second-order valence-electron chi connectivity index (χ2n) is 4.95. The summed E-state index contributed by atoms with van der Waals surface area (Å²) in [5.41, 5.74) is 8.53. The number of nitrogens with two attached hydrogens (primary N) is 1. The van der Waals surface area contributed by atoms with E-state index in [4.69, 9.17) is 10.5 Å². The second-order valence-corrected chi connectivity index (χ2v) is 4.95. The van der Waals surface area contributed by atoms with Crippen molar-refractivity contribution in [3.63, 3.8) is 0 Å². The molecule has 2 aromatic rings. The quantitative estimate of drug-likeness (QED) is 0.829. The summed E-state index contributed by atoms with van der Waals surface area (Å²) in [5.74, 6) is -0.106. The highest BCUT2D eigenvalue weighted by atomic mass is 16.5. The van der Waals surface area contributed by atoms with Crippen LogP contribution in [0.15, 0.2) is 36.4 Å². The third-order valence-electron chi connectivity index (χ3n) is 3.70. The molecule has 3 rings (SSSR count). The zero-order valence-electron chi connectivity index (χ0n) is 11.7. The van der Waals surface area contributed by atoms with E-state index in [0.29, 0.717) is 12.2 Å².